The average Bonchev–Trinajstić information content (AvgIpc) is 2.76. The maximum Gasteiger partial charge on any atom is 0.332 e. The predicted octanol–water partition coefficient (Wildman–Crippen LogP) is 1.30. The highest BCUT2D eigenvalue weighted by Gasteiger charge is 2.37. The first-order valence-electron chi connectivity index (χ1n) is 10.8. The molecule has 0 rings (SSSR count). The van der Waals surface area contributed by atoms with E-state index < -0.39 is 34.7 Å². The van der Waals surface area contributed by atoms with Crippen molar-refractivity contribution in [3.8, 4) is 0 Å². The van der Waals surface area contributed by atoms with Crippen LogP contribution in [-0.2, 0) is 52.3 Å². The van der Waals surface area contributed by atoms with Crippen molar-refractivity contribution in [3.63, 3.8) is 0 Å². The molecule has 2 atom stereocenters. The Balaban J connectivity index is 4.25. The summed E-state index contributed by atoms with van der Waals surface area (Å²) < 4.78 is 35.5. The summed E-state index contributed by atoms with van der Waals surface area (Å²) in [6.45, 7) is 6.41. The van der Waals surface area contributed by atoms with E-state index in [1.807, 2.05) is 0 Å². The topological polar surface area (TPSA) is 133 Å². The van der Waals surface area contributed by atoms with Gasteiger partial charge in [0.15, 0.2) is 0 Å². The third-order valence-electron chi connectivity index (χ3n) is 4.46. The van der Waals surface area contributed by atoms with Crippen LogP contribution in [-0.4, -0.2) is 91.0 Å². The van der Waals surface area contributed by atoms with Crippen LogP contribution in [0.1, 0.15) is 40.5 Å². The number of methoxy groups -OCH3 is 2. The Kier molecular flexibility index (Phi) is 15.3. The second kappa shape index (κ2) is 16.4. The van der Waals surface area contributed by atoms with Gasteiger partial charge in [0.1, 0.15) is 30.7 Å². The fraction of sp³-hybridized carbons (Fsp3) is 0.818. The Labute approximate surface area is 195 Å². The first kappa shape index (κ1) is 30.8. The molecule has 2 unspecified atom stereocenters. The van der Waals surface area contributed by atoms with E-state index in [1.165, 1.54) is 14.2 Å². The lowest BCUT2D eigenvalue weighted by atomic mass is 9.93. The molecule has 0 saturated carbocycles. The zero-order chi connectivity index (χ0) is 25.3. The molecule has 0 saturated heterocycles. The van der Waals surface area contributed by atoms with Crippen molar-refractivity contribution < 1.29 is 52.3 Å². The highest BCUT2D eigenvalue weighted by molar-refractivity contribution is 5.78. The van der Waals surface area contributed by atoms with E-state index in [9.17, 15) is 19.2 Å². The molecule has 0 aromatic carbocycles. The van der Waals surface area contributed by atoms with E-state index in [2.05, 4.69) is 0 Å². The van der Waals surface area contributed by atoms with Crippen LogP contribution in [0, 0.1) is 10.8 Å². The zero-order valence-electron chi connectivity index (χ0n) is 20.6. The molecular formula is C22H38O11. The second-order valence-electron chi connectivity index (χ2n) is 7.91. The molecule has 0 amide bonds. The molecule has 0 spiro atoms. The summed E-state index contributed by atoms with van der Waals surface area (Å²) in [4.78, 5) is 47.9. The van der Waals surface area contributed by atoms with Gasteiger partial charge in [-0.2, -0.15) is 0 Å². The number of esters is 4. The lowest BCUT2D eigenvalue weighted by Crippen LogP contribution is -2.39. The fourth-order valence-corrected chi connectivity index (χ4v) is 2.63. The molecule has 0 aromatic rings. The normalized spacial score (nSPS) is 14.5. The van der Waals surface area contributed by atoms with Crippen LogP contribution in [0.3, 0.4) is 0 Å². The molecule has 0 aliphatic carbocycles. The molecule has 11 nitrogen and oxygen atoms in total. The van der Waals surface area contributed by atoms with Gasteiger partial charge in [0.2, 0.25) is 0 Å². The minimum Gasteiger partial charge on any atom is -0.465 e. The Bertz CT molecular complexity index is 569. The molecule has 0 N–H and O–H groups in total. The minimum atomic E-state index is -1.12. The molecule has 0 aromatic heterocycles. The summed E-state index contributed by atoms with van der Waals surface area (Å²) in [6.07, 6.45) is 0.340. The zero-order valence-corrected chi connectivity index (χ0v) is 20.6. The van der Waals surface area contributed by atoms with Crippen LogP contribution in [0.5, 0.6) is 0 Å². The molecule has 11 heteroatoms. The highest BCUT2D eigenvalue weighted by Crippen LogP contribution is 2.21. The van der Waals surface area contributed by atoms with Crippen molar-refractivity contribution in [3.05, 3.63) is 0 Å². The maximum absolute atomic E-state index is 12.1. The van der Waals surface area contributed by atoms with Crippen LogP contribution in [0.25, 0.3) is 0 Å². The Morgan fingerprint density at radius 1 is 0.667 bits per heavy atom. The van der Waals surface area contributed by atoms with E-state index in [1.54, 1.807) is 27.7 Å². The van der Waals surface area contributed by atoms with Crippen molar-refractivity contribution in [2.24, 2.45) is 10.8 Å². The first-order chi connectivity index (χ1) is 15.6. The number of carbonyl (C=O) groups excluding carboxylic acids is 4. The van der Waals surface area contributed by atoms with Crippen molar-refractivity contribution in [2.45, 2.75) is 40.5 Å². The van der Waals surface area contributed by atoms with Gasteiger partial charge in [0, 0.05) is 27.2 Å². The molecule has 0 heterocycles. The smallest absolute Gasteiger partial charge is 0.332 e. The monoisotopic (exact) mass is 478 g/mol. The number of rotatable bonds is 18. The Hall–Kier alpha value is -2.24. The Morgan fingerprint density at radius 3 is 1.55 bits per heavy atom. The van der Waals surface area contributed by atoms with Crippen LogP contribution in [0.4, 0.5) is 0 Å². The average molecular weight is 479 g/mol. The summed E-state index contributed by atoms with van der Waals surface area (Å²) >= 11 is 0. The van der Waals surface area contributed by atoms with Gasteiger partial charge in [0.05, 0.1) is 26.4 Å². The van der Waals surface area contributed by atoms with E-state index in [4.69, 9.17) is 33.2 Å². The second-order valence-corrected chi connectivity index (χ2v) is 7.91. The van der Waals surface area contributed by atoms with Gasteiger partial charge >= 0.3 is 23.9 Å². The molecule has 0 aliphatic rings. The van der Waals surface area contributed by atoms with E-state index >= 15 is 0 Å². The first-order valence-corrected chi connectivity index (χ1v) is 10.8. The third-order valence-corrected chi connectivity index (χ3v) is 4.46. The van der Waals surface area contributed by atoms with Crippen LogP contribution < -0.4 is 0 Å². The largest absolute Gasteiger partial charge is 0.465 e. The SMILES string of the molecule is CCOC(=O)C(C)(COC)COC(=O)CCCOCC(=O)OCC(C)(COC)C(=O)OCC. The van der Waals surface area contributed by atoms with Crippen molar-refractivity contribution in [2.75, 3.05) is 67.1 Å². The van der Waals surface area contributed by atoms with Crippen LogP contribution >= 0.6 is 0 Å². The van der Waals surface area contributed by atoms with Gasteiger partial charge in [-0.1, -0.05) is 0 Å². The van der Waals surface area contributed by atoms with Gasteiger partial charge in [0.25, 0.3) is 0 Å². The van der Waals surface area contributed by atoms with Gasteiger partial charge in [-0.25, -0.2) is 4.79 Å². The van der Waals surface area contributed by atoms with Gasteiger partial charge < -0.3 is 33.2 Å². The Morgan fingerprint density at radius 2 is 1.12 bits per heavy atom. The molecule has 0 fully saturated rings. The lowest BCUT2D eigenvalue weighted by Gasteiger charge is -2.25. The quantitative estimate of drug-likeness (QED) is 0.160. The molecule has 0 aliphatic heterocycles. The van der Waals surface area contributed by atoms with E-state index in [0.29, 0.717) is 6.42 Å². The number of hydrogen-bond donors (Lipinski definition) is 0. The molecule has 0 bridgehead atoms. The predicted molar refractivity (Wildman–Crippen MR) is 115 cm³/mol. The summed E-state index contributed by atoms with van der Waals surface area (Å²) in [5, 5.41) is 0. The summed E-state index contributed by atoms with van der Waals surface area (Å²) in [5.41, 5.74) is -2.22. The molecular weight excluding hydrogens is 440 g/mol. The number of ether oxygens (including phenoxy) is 7. The lowest BCUT2D eigenvalue weighted by molar-refractivity contribution is -0.168. The third kappa shape index (κ3) is 12.0. The maximum atomic E-state index is 12.1. The van der Waals surface area contributed by atoms with Crippen molar-refractivity contribution in [1.29, 1.82) is 0 Å². The van der Waals surface area contributed by atoms with Gasteiger partial charge in [-0.3, -0.25) is 14.4 Å². The summed E-state index contributed by atoms with van der Waals surface area (Å²) in [6, 6.07) is 0. The minimum absolute atomic E-state index is 0.0294. The van der Waals surface area contributed by atoms with Crippen LogP contribution in [0.15, 0.2) is 0 Å². The van der Waals surface area contributed by atoms with Crippen molar-refractivity contribution >= 4 is 23.9 Å². The molecule has 192 valence electrons. The molecule has 33 heavy (non-hydrogen) atoms. The van der Waals surface area contributed by atoms with E-state index in [-0.39, 0.29) is 59.3 Å². The van der Waals surface area contributed by atoms with Gasteiger partial charge in [-0.05, 0) is 34.1 Å². The fourth-order valence-electron chi connectivity index (χ4n) is 2.63. The standard InChI is InChI=1S/C22H38O11/c1-7-30-19(25)21(3,13-27-5)15-32-17(23)10-9-11-29-12-18(24)33-16-22(4,14-28-6)20(26)31-8-2/h7-16H2,1-6H3. The highest BCUT2D eigenvalue weighted by atomic mass is 16.6. The number of carbonyl (C=O) groups is 4. The van der Waals surface area contributed by atoms with Gasteiger partial charge in [-0.15, -0.1) is 0 Å². The summed E-state index contributed by atoms with van der Waals surface area (Å²) in [5.74, 6) is -2.21. The summed E-state index contributed by atoms with van der Waals surface area (Å²) in [7, 11) is 2.87. The van der Waals surface area contributed by atoms with Crippen molar-refractivity contribution in [1.82, 2.24) is 0 Å². The van der Waals surface area contributed by atoms with Crippen LogP contribution in [0.2, 0.25) is 0 Å². The molecule has 0 radical (unpaired) electrons. The van der Waals surface area contributed by atoms with E-state index in [0.717, 1.165) is 0 Å². The number of hydrogen-bond acceptors (Lipinski definition) is 11.